The van der Waals surface area contributed by atoms with Crippen molar-refractivity contribution in [1.82, 2.24) is 0 Å². The van der Waals surface area contributed by atoms with Crippen molar-refractivity contribution >= 4 is 11.8 Å². The molecule has 0 aromatic heterocycles. The number of thioether (sulfide) groups is 1. The molecule has 0 radical (unpaired) electrons. The zero-order chi connectivity index (χ0) is 7.33. The quantitative estimate of drug-likeness (QED) is 0.481. The lowest BCUT2D eigenvalue weighted by atomic mass is 10.1. The van der Waals surface area contributed by atoms with Crippen LogP contribution in [0.4, 0.5) is 0 Å². The van der Waals surface area contributed by atoms with Crippen LogP contribution in [0.1, 0.15) is 13.8 Å². The van der Waals surface area contributed by atoms with Gasteiger partial charge in [-0.05, 0) is 13.8 Å². The summed E-state index contributed by atoms with van der Waals surface area (Å²) in [5.41, 5.74) is 5.69. The first-order chi connectivity index (χ1) is 4.06. The largest absolute Gasteiger partial charge is 0.325 e. The molecular weight excluding hydrogens is 130 g/mol. The lowest BCUT2D eigenvalue weighted by Crippen LogP contribution is -2.34. The highest BCUT2D eigenvalue weighted by Gasteiger charge is 2.08. The molecule has 0 bridgehead atoms. The van der Waals surface area contributed by atoms with Crippen molar-refractivity contribution in [1.29, 1.82) is 0 Å². The maximum Gasteiger partial charge on any atom is 0.0188 e. The minimum atomic E-state index is -0.0341. The third-order valence-electron chi connectivity index (χ3n) is 0.710. The molecule has 0 aromatic carbocycles. The molecule has 2 N–H and O–H groups in total. The number of rotatable bonds is 4. The minimum Gasteiger partial charge on any atom is -0.325 e. The van der Waals surface area contributed by atoms with E-state index < -0.39 is 0 Å². The SMILES string of the molecule is C=CCSCC(C)(C)N. The fraction of sp³-hybridized carbons (Fsp3) is 0.714. The fourth-order valence-electron chi connectivity index (χ4n) is 0.405. The molecule has 0 amide bonds. The Hall–Kier alpha value is 0.0500. The molecule has 0 saturated heterocycles. The van der Waals surface area contributed by atoms with E-state index in [1.54, 1.807) is 0 Å². The summed E-state index contributed by atoms with van der Waals surface area (Å²) in [5.74, 6) is 2.00. The smallest absolute Gasteiger partial charge is 0.0188 e. The van der Waals surface area contributed by atoms with Gasteiger partial charge in [0, 0.05) is 17.0 Å². The first kappa shape index (κ1) is 9.05. The van der Waals surface area contributed by atoms with Crippen LogP contribution in [0.2, 0.25) is 0 Å². The Bertz CT molecular complexity index is 83.4. The van der Waals surface area contributed by atoms with E-state index in [0.717, 1.165) is 11.5 Å². The summed E-state index contributed by atoms with van der Waals surface area (Å²) in [6, 6.07) is 0. The molecule has 0 rings (SSSR count). The van der Waals surface area contributed by atoms with Crippen LogP contribution in [-0.2, 0) is 0 Å². The van der Waals surface area contributed by atoms with E-state index in [2.05, 4.69) is 6.58 Å². The van der Waals surface area contributed by atoms with Gasteiger partial charge in [0.15, 0.2) is 0 Å². The predicted molar refractivity (Wildman–Crippen MR) is 45.8 cm³/mol. The zero-order valence-corrected chi connectivity index (χ0v) is 7.00. The second kappa shape index (κ2) is 3.96. The second-order valence-electron chi connectivity index (χ2n) is 2.79. The monoisotopic (exact) mass is 145 g/mol. The summed E-state index contributed by atoms with van der Waals surface area (Å²) in [5, 5.41) is 0. The van der Waals surface area contributed by atoms with Gasteiger partial charge in [-0.15, -0.1) is 6.58 Å². The average Bonchev–Trinajstić information content (AvgIpc) is 1.63. The molecule has 54 valence electrons. The van der Waals surface area contributed by atoms with Crippen LogP contribution in [0, 0.1) is 0 Å². The van der Waals surface area contributed by atoms with Gasteiger partial charge in [0.05, 0.1) is 0 Å². The van der Waals surface area contributed by atoms with Gasteiger partial charge in [0.2, 0.25) is 0 Å². The Morgan fingerprint density at radius 1 is 1.67 bits per heavy atom. The van der Waals surface area contributed by atoms with Crippen LogP contribution < -0.4 is 5.73 Å². The third kappa shape index (κ3) is 8.05. The highest BCUT2D eigenvalue weighted by atomic mass is 32.2. The van der Waals surface area contributed by atoms with E-state index >= 15 is 0 Å². The normalized spacial score (nSPS) is 11.4. The minimum absolute atomic E-state index is 0.0341. The molecule has 9 heavy (non-hydrogen) atoms. The van der Waals surface area contributed by atoms with Gasteiger partial charge < -0.3 is 5.73 Å². The Labute approximate surface area is 61.7 Å². The number of hydrogen-bond donors (Lipinski definition) is 1. The Morgan fingerprint density at radius 3 is 2.56 bits per heavy atom. The summed E-state index contributed by atoms with van der Waals surface area (Å²) in [6.45, 7) is 7.68. The van der Waals surface area contributed by atoms with Crippen LogP contribution in [0.15, 0.2) is 12.7 Å². The molecule has 0 aliphatic heterocycles. The van der Waals surface area contributed by atoms with E-state index in [9.17, 15) is 0 Å². The zero-order valence-electron chi connectivity index (χ0n) is 6.18. The van der Waals surface area contributed by atoms with Crippen LogP contribution in [0.3, 0.4) is 0 Å². The average molecular weight is 145 g/mol. The van der Waals surface area contributed by atoms with E-state index in [1.807, 2.05) is 31.7 Å². The lowest BCUT2D eigenvalue weighted by molar-refractivity contribution is 0.591. The molecule has 0 aromatic rings. The maximum absolute atomic E-state index is 5.72. The molecule has 0 aliphatic rings. The molecule has 0 heterocycles. The van der Waals surface area contributed by atoms with Crippen LogP contribution in [0.5, 0.6) is 0 Å². The van der Waals surface area contributed by atoms with Gasteiger partial charge in [-0.25, -0.2) is 0 Å². The summed E-state index contributed by atoms with van der Waals surface area (Å²) in [6.07, 6.45) is 1.90. The van der Waals surface area contributed by atoms with Crippen LogP contribution >= 0.6 is 11.8 Å². The summed E-state index contributed by atoms with van der Waals surface area (Å²) in [7, 11) is 0. The fourth-order valence-corrected chi connectivity index (χ4v) is 1.22. The van der Waals surface area contributed by atoms with Gasteiger partial charge in [0.25, 0.3) is 0 Å². The van der Waals surface area contributed by atoms with Crippen molar-refractivity contribution in [3.63, 3.8) is 0 Å². The van der Waals surface area contributed by atoms with Gasteiger partial charge >= 0.3 is 0 Å². The summed E-state index contributed by atoms with van der Waals surface area (Å²) >= 11 is 1.82. The van der Waals surface area contributed by atoms with Crippen molar-refractivity contribution in [2.45, 2.75) is 19.4 Å². The maximum atomic E-state index is 5.72. The standard InChI is InChI=1S/C7H15NS/c1-4-5-9-6-7(2,3)8/h4H,1,5-6,8H2,2-3H3. The Morgan fingerprint density at radius 2 is 2.22 bits per heavy atom. The predicted octanol–water partition coefficient (Wildman–Crippen LogP) is 1.64. The molecule has 0 unspecified atom stereocenters. The van der Waals surface area contributed by atoms with Gasteiger partial charge in [-0.1, -0.05) is 6.08 Å². The molecule has 1 nitrogen and oxygen atoms in total. The van der Waals surface area contributed by atoms with E-state index in [4.69, 9.17) is 5.73 Å². The first-order valence-electron chi connectivity index (χ1n) is 3.04. The molecule has 0 fully saturated rings. The van der Waals surface area contributed by atoms with E-state index in [1.165, 1.54) is 0 Å². The van der Waals surface area contributed by atoms with Crippen LogP contribution in [0.25, 0.3) is 0 Å². The molecule has 0 saturated carbocycles. The van der Waals surface area contributed by atoms with E-state index in [0.29, 0.717) is 0 Å². The second-order valence-corrected chi connectivity index (χ2v) is 3.82. The highest BCUT2D eigenvalue weighted by molar-refractivity contribution is 7.99. The Kier molecular flexibility index (Phi) is 3.98. The van der Waals surface area contributed by atoms with Gasteiger partial charge in [-0.3, -0.25) is 0 Å². The van der Waals surface area contributed by atoms with E-state index in [-0.39, 0.29) is 5.54 Å². The molecule has 0 atom stereocenters. The van der Waals surface area contributed by atoms with Crippen molar-refractivity contribution in [2.24, 2.45) is 5.73 Å². The third-order valence-corrected chi connectivity index (χ3v) is 2.13. The van der Waals surface area contributed by atoms with Gasteiger partial charge in [-0.2, -0.15) is 11.8 Å². The van der Waals surface area contributed by atoms with Crippen molar-refractivity contribution in [3.05, 3.63) is 12.7 Å². The van der Waals surface area contributed by atoms with Crippen molar-refractivity contribution < 1.29 is 0 Å². The summed E-state index contributed by atoms with van der Waals surface area (Å²) < 4.78 is 0. The molecular formula is C7H15NS. The number of hydrogen-bond acceptors (Lipinski definition) is 2. The lowest BCUT2D eigenvalue weighted by Gasteiger charge is -2.16. The summed E-state index contributed by atoms with van der Waals surface area (Å²) in [4.78, 5) is 0. The van der Waals surface area contributed by atoms with Crippen molar-refractivity contribution in [2.75, 3.05) is 11.5 Å². The van der Waals surface area contributed by atoms with Crippen LogP contribution in [-0.4, -0.2) is 17.0 Å². The Balaban J connectivity index is 3.17. The van der Waals surface area contributed by atoms with Gasteiger partial charge in [0.1, 0.15) is 0 Å². The number of nitrogens with two attached hydrogens (primary N) is 1. The topological polar surface area (TPSA) is 26.0 Å². The molecule has 0 spiro atoms. The highest BCUT2D eigenvalue weighted by Crippen LogP contribution is 2.08. The first-order valence-corrected chi connectivity index (χ1v) is 4.19. The molecule has 2 heteroatoms. The van der Waals surface area contributed by atoms with Crippen molar-refractivity contribution in [3.8, 4) is 0 Å². The molecule has 0 aliphatic carbocycles.